The van der Waals surface area contributed by atoms with Crippen molar-refractivity contribution in [3.05, 3.63) is 36.5 Å². The number of hydrogen-bond acceptors (Lipinski definition) is 2. The maximum atomic E-state index is 11.9. The third-order valence-corrected chi connectivity index (χ3v) is 5.38. The van der Waals surface area contributed by atoms with Crippen molar-refractivity contribution in [3.63, 3.8) is 0 Å². The number of urea groups is 1. The minimum atomic E-state index is -0.105. The predicted octanol–water partition coefficient (Wildman–Crippen LogP) is 3.56. The Hall–Kier alpha value is -2.50. The fourth-order valence-electron chi connectivity index (χ4n) is 3.84. The van der Waals surface area contributed by atoms with Crippen molar-refractivity contribution in [1.82, 2.24) is 20.5 Å². The average molecular weight is 385 g/mol. The molecule has 6 heteroatoms. The normalized spacial score (nSPS) is 14.7. The molecular formula is C22H32N4O2. The third-order valence-electron chi connectivity index (χ3n) is 5.38. The van der Waals surface area contributed by atoms with E-state index in [9.17, 15) is 9.59 Å². The van der Waals surface area contributed by atoms with Gasteiger partial charge in [0, 0.05) is 43.8 Å². The van der Waals surface area contributed by atoms with Gasteiger partial charge in [0.2, 0.25) is 5.91 Å². The lowest BCUT2D eigenvalue weighted by atomic mass is 9.96. The molecule has 0 saturated heterocycles. The SMILES string of the molecule is O=C(CCCNC(=O)NC1CCCCC1)NCCCn1ccc2ccccc21. The first-order valence-corrected chi connectivity index (χ1v) is 10.6. The Labute approximate surface area is 167 Å². The highest BCUT2D eigenvalue weighted by Crippen LogP contribution is 2.17. The summed E-state index contributed by atoms with van der Waals surface area (Å²) < 4.78 is 2.22. The third kappa shape index (κ3) is 6.29. The van der Waals surface area contributed by atoms with Gasteiger partial charge < -0.3 is 20.5 Å². The van der Waals surface area contributed by atoms with Crippen LogP contribution in [0.25, 0.3) is 10.9 Å². The van der Waals surface area contributed by atoms with Gasteiger partial charge in [0.25, 0.3) is 0 Å². The molecule has 0 aliphatic heterocycles. The highest BCUT2D eigenvalue weighted by Gasteiger charge is 2.15. The molecule has 1 heterocycles. The summed E-state index contributed by atoms with van der Waals surface area (Å²) in [5.41, 5.74) is 1.23. The molecule has 6 nitrogen and oxygen atoms in total. The second-order valence-electron chi connectivity index (χ2n) is 7.61. The minimum Gasteiger partial charge on any atom is -0.356 e. The molecule has 1 aromatic carbocycles. The van der Waals surface area contributed by atoms with Crippen LogP contribution in [0.15, 0.2) is 36.5 Å². The Morgan fingerprint density at radius 3 is 2.61 bits per heavy atom. The van der Waals surface area contributed by atoms with E-state index in [1.807, 2.05) is 12.1 Å². The molecule has 1 aliphatic carbocycles. The van der Waals surface area contributed by atoms with E-state index in [4.69, 9.17) is 0 Å². The molecule has 0 unspecified atom stereocenters. The number of nitrogens with one attached hydrogen (secondary N) is 3. The van der Waals surface area contributed by atoms with Crippen molar-refractivity contribution in [2.75, 3.05) is 13.1 Å². The summed E-state index contributed by atoms with van der Waals surface area (Å²) in [6, 6.07) is 10.6. The van der Waals surface area contributed by atoms with E-state index in [1.54, 1.807) is 0 Å². The van der Waals surface area contributed by atoms with Gasteiger partial charge in [0.1, 0.15) is 0 Å². The number of nitrogens with zero attached hydrogens (tertiary/aromatic N) is 1. The molecule has 0 radical (unpaired) electrons. The largest absolute Gasteiger partial charge is 0.356 e. The molecule has 152 valence electrons. The Balaban J connectivity index is 1.22. The standard InChI is InChI=1S/C22H32N4O2/c27-21(12-6-14-24-22(28)25-19-9-2-1-3-10-19)23-15-7-16-26-17-13-18-8-4-5-11-20(18)26/h4-5,8,11,13,17,19H,1-3,6-7,9-10,12,14-16H2,(H,23,27)(H2,24,25,28). The van der Waals surface area contributed by atoms with Crippen LogP contribution in [0.3, 0.4) is 0 Å². The highest BCUT2D eigenvalue weighted by molar-refractivity contribution is 5.80. The summed E-state index contributed by atoms with van der Waals surface area (Å²) in [6.45, 7) is 2.08. The van der Waals surface area contributed by atoms with Crippen LogP contribution in [0.5, 0.6) is 0 Å². The highest BCUT2D eigenvalue weighted by atomic mass is 16.2. The topological polar surface area (TPSA) is 75.2 Å². The molecule has 3 rings (SSSR count). The molecule has 1 aliphatic rings. The number of benzene rings is 1. The summed E-state index contributed by atoms with van der Waals surface area (Å²) in [4.78, 5) is 23.8. The van der Waals surface area contributed by atoms with Crippen molar-refractivity contribution in [3.8, 4) is 0 Å². The smallest absolute Gasteiger partial charge is 0.315 e. The van der Waals surface area contributed by atoms with Gasteiger partial charge in [-0.1, -0.05) is 37.5 Å². The number of carbonyl (C=O) groups excluding carboxylic acids is 2. The van der Waals surface area contributed by atoms with E-state index in [2.05, 4.69) is 44.9 Å². The Kier molecular flexibility index (Phi) is 7.76. The van der Waals surface area contributed by atoms with Gasteiger partial charge in [-0.05, 0) is 43.2 Å². The van der Waals surface area contributed by atoms with Crippen LogP contribution >= 0.6 is 0 Å². The molecule has 1 aromatic heterocycles. The van der Waals surface area contributed by atoms with Crippen LogP contribution in [0.4, 0.5) is 4.79 Å². The fourth-order valence-corrected chi connectivity index (χ4v) is 3.84. The van der Waals surface area contributed by atoms with E-state index in [0.29, 0.717) is 32.0 Å². The van der Waals surface area contributed by atoms with E-state index in [-0.39, 0.29) is 11.9 Å². The van der Waals surface area contributed by atoms with E-state index < -0.39 is 0 Å². The van der Waals surface area contributed by atoms with Crippen molar-refractivity contribution >= 4 is 22.8 Å². The second-order valence-corrected chi connectivity index (χ2v) is 7.61. The van der Waals surface area contributed by atoms with Crippen molar-refractivity contribution < 1.29 is 9.59 Å². The summed E-state index contributed by atoms with van der Waals surface area (Å²) in [7, 11) is 0. The zero-order valence-corrected chi connectivity index (χ0v) is 16.6. The van der Waals surface area contributed by atoms with Gasteiger partial charge in [-0.3, -0.25) is 4.79 Å². The number of aromatic nitrogens is 1. The molecule has 0 spiro atoms. The molecule has 3 N–H and O–H groups in total. The Bertz CT molecular complexity index is 765. The molecule has 3 amide bonds. The van der Waals surface area contributed by atoms with E-state index in [0.717, 1.165) is 25.8 Å². The number of fused-ring (bicyclic) bond motifs is 1. The summed E-state index contributed by atoms with van der Waals surface area (Å²) in [5, 5.41) is 10.1. The Morgan fingerprint density at radius 1 is 0.964 bits per heavy atom. The summed E-state index contributed by atoms with van der Waals surface area (Å²) in [6.07, 6.45) is 9.92. The molecule has 1 fully saturated rings. The van der Waals surface area contributed by atoms with Crippen LogP contribution in [0.2, 0.25) is 0 Å². The molecule has 1 saturated carbocycles. The van der Waals surface area contributed by atoms with Crippen molar-refractivity contribution in [2.24, 2.45) is 0 Å². The lowest BCUT2D eigenvalue weighted by molar-refractivity contribution is -0.121. The number of hydrogen-bond donors (Lipinski definition) is 3. The second kappa shape index (κ2) is 10.7. The molecule has 28 heavy (non-hydrogen) atoms. The lowest BCUT2D eigenvalue weighted by Gasteiger charge is -2.22. The first kappa shape index (κ1) is 20.2. The van der Waals surface area contributed by atoms with Gasteiger partial charge in [-0.25, -0.2) is 4.79 Å². The monoisotopic (exact) mass is 384 g/mol. The maximum Gasteiger partial charge on any atom is 0.315 e. The predicted molar refractivity (Wildman–Crippen MR) is 112 cm³/mol. The van der Waals surface area contributed by atoms with Gasteiger partial charge in [0.05, 0.1) is 0 Å². The number of amides is 3. The average Bonchev–Trinajstić information content (AvgIpc) is 3.12. The number of para-hydroxylation sites is 1. The molecule has 2 aromatic rings. The van der Waals surface area contributed by atoms with Gasteiger partial charge in [-0.15, -0.1) is 0 Å². The summed E-state index contributed by atoms with van der Waals surface area (Å²) >= 11 is 0. The van der Waals surface area contributed by atoms with Crippen LogP contribution < -0.4 is 16.0 Å². The first-order valence-electron chi connectivity index (χ1n) is 10.6. The van der Waals surface area contributed by atoms with Gasteiger partial charge in [0.15, 0.2) is 0 Å². The maximum absolute atomic E-state index is 11.9. The van der Waals surface area contributed by atoms with Crippen molar-refractivity contribution in [2.45, 2.75) is 64.0 Å². The minimum absolute atomic E-state index is 0.0480. The van der Waals surface area contributed by atoms with E-state index >= 15 is 0 Å². The zero-order valence-electron chi connectivity index (χ0n) is 16.6. The molecule has 0 bridgehead atoms. The van der Waals surface area contributed by atoms with Crippen LogP contribution in [0, 0.1) is 0 Å². The van der Waals surface area contributed by atoms with Crippen molar-refractivity contribution in [1.29, 1.82) is 0 Å². The zero-order chi connectivity index (χ0) is 19.6. The van der Waals surface area contributed by atoms with Crippen LogP contribution in [0.1, 0.15) is 51.4 Å². The first-order chi connectivity index (χ1) is 13.7. The van der Waals surface area contributed by atoms with Crippen LogP contribution in [-0.4, -0.2) is 35.6 Å². The van der Waals surface area contributed by atoms with Gasteiger partial charge >= 0.3 is 6.03 Å². The fraction of sp³-hybridized carbons (Fsp3) is 0.545. The van der Waals surface area contributed by atoms with Gasteiger partial charge in [-0.2, -0.15) is 0 Å². The Morgan fingerprint density at radius 2 is 1.75 bits per heavy atom. The van der Waals surface area contributed by atoms with Crippen LogP contribution in [-0.2, 0) is 11.3 Å². The lowest BCUT2D eigenvalue weighted by Crippen LogP contribution is -2.43. The number of rotatable bonds is 9. The molecular weight excluding hydrogens is 352 g/mol. The summed E-state index contributed by atoms with van der Waals surface area (Å²) in [5.74, 6) is 0.0480. The number of aryl methyl sites for hydroxylation is 1. The molecule has 0 atom stereocenters. The van der Waals surface area contributed by atoms with E-state index in [1.165, 1.54) is 30.2 Å². The quantitative estimate of drug-likeness (QED) is 0.578. The number of carbonyl (C=O) groups is 2.